The molecule has 5 nitrogen and oxygen atoms in total. The first-order chi connectivity index (χ1) is 13.1. The number of nitrogens with zero attached hydrogens (tertiary/aromatic N) is 2. The Hall–Kier alpha value is -0.650. The Bertz CT molecular complexity index is 352. The number of amides is 1. The van der Waals surface area contributed by atoms with Crippen molar-refractivity contribution in [1.82, 2.24) is 9.80 Å². The molecular weight excluding hydrogens is 340 g/mol. The van der Waals surface area contributed by atoms with Crippen LogP contribution < -0.4 is 0 Å². The van der Waals surface area contributed by atoms with Gasteiger partial charge in [0.25, 0.3) is 0 Å². The second-order valence-corrected chi connectivity index (χ2v) is 6.23. The third-order valence-electron chi connectivity index (χ3n) is 4.88. The summed E-state index contributed by atoms with van der Waals surface area (Å²) in [7, 11) is 2.08. The molecule has 0 aromatic heterocycles. The third kappa shape index (κ3) is 8.49. The highest BCUT2D eigenvalue weighted by atomic mass is 16.5. The number of rotatable bonds is 6. The number of carbonyl (C=O) groups is 1. The van der Waals surface area contributed by atoms with Crippen LogP contribution in [0.2, 0.25) is 0 Å². The molecule has 2 saturated heterocycles. The highest BCUT2D eigenvalue weighted by molar-refractivity contribution is 5.86. The largest absolute Gasteiger partial charge is 0.379 e. The maximum atomic E-state index is 13.0. The van der Waals surface area contributed by atoms with Gasteiger partial charge in [0, 0.05) is 19.7 Å². The SMILES string of the molecule is CC.CC.CC.CCCOCC1CN(C(=O)C2(CC)CCCN2C)CCO1. The third-order valence-corrected chi connectivity index (χ3v) is 4.88. The number of morpholine rings is 1. The molecule has 2 heterocycles. The van der Waals surface area contributed by atoms with Crippen LogP contribution in [0.5, 0.6) is 0 Å². The Labute approximate surface area is 169 Å². The van der Waals surface area contributed by atoms with Crippen LogP contribution in [0.4, 0.5) is 0 Å². The van der Waals surface area contributed by atoms with Gasteiger partial charge in [-0.25, -0.2) is 0 Å². The lowest BCUT2D eigenvalue weighted by Gasteiger charge is -2.41. The molecule has 0 aliphatic carbocycles. The van der Waals surface area contributed by atoms with Gasteiger partial charge in [-0.2, -0.15) is 0 Å². The zero-order valence-corrected chi connectivity index (χ0v) is 19.8. The van der Waals surface area contributed by atoms with E-state index >= 15 is 0 Å². The molecule has 2 atom stereocenters. The molecule has 2 aliphatic heterocycles. The van der Waals surface area contributed by atoms with Gasteiger partial charge >= 0.3 is 0 Å². The summed E-state index contributed by atoms with van der Waals surface area (Å²) in [6.07, 6.45) is 4.02. The Balaban J connectivity index is 0. The first-order valence-corrected chi connectivity index (χ1v) is 11.3. The van der Waals surface area contributed by atoms with E-state index in [2.05, 4.69) is 25.8 Å². The van der Waals surface area contributed by atoms with Crippen molar-refractivity contribution in [2.75, 3.05) is 46.5 Å². The van der Waals surface area contributed by atoms with Gasteiger partial charge < -0.3 is 14.4 Å². The van der Waals surface area contributed by atoms with Crippen molar-refractivity contribution >= 4 is 5.91 Å². The maximum absolute atomic E-state index is 13.0. The van der Waals surface area contributed by atoms with Gasteiger partial charge in [0.2, 0.25) is 5.91 Å². The molecule has 27 heavy (non-hydrogen) atoms. The van der Waals surface area contributed by atoms with Crippen LogP contribution in [0.25, 0.3) is 0 Å². The van der Waals surface area contributed by atoms with Gasteiger partial charge in [-0.05, 0) is 39.3 Å². The molecule has 2 aliphatic rings. The summed E-state index contributed by atoms with van der Waals surface area (Å²) < 4.78 is 11.3. The lowest BCUT2D eigenvalue weighted by molar-refractivity contribution is -0.152. The molecule has 1 amide bonds. The van der Waals surface area contributed by atoms with E-state index in [9.17, 15) is 4.79 Å². The second-order valence-electron chi connectivity index (χ2n) is 6.23. The first kappa shape index (κ1) is 28.6. The Morgan fingerprint density at radius 3 is 2.22 bits per heavy atom. The highest BCUT2D eigenvalue weighted by Gasteiger charge is 2.46. The molecule has 2 fully saturated rings. The average Bonchev–Trinajstić information content (AvgIpc) is 3.14. The predicted molar refractivity (Wildman–Crippen MR) is 116 cm³/mol. The molecule has 0 spiro atoms. The minimum Gasteiger partial charge on any atom is -0.379 e. The number of ether oxygens (including phenoxy) is 2. The standard InChI is InChI=1S/C16H30N2O3.3C2H6/c1-4-10-20-13-14-12-18(9-11-21-14)15(19)16(5-2)7-6-8-17(16)3;3*1-2/h14H,4-13H2,1-3H3;3*1-2H3. The minimum absolute atomic E-state index is 0.0230. The van der Waals surface area contributed by atoms with Crippen molar-refractivity contribution in [2.24, 2.45) is 0 Å². The quantitative estimate of drug-likeness (QED) is 0.624. The van der Waals surface area contributed by atoms with Crippen LogP contribution in [0, 0.1) is 0 Å². The van der Waals surface area contributed by atoms with E-state index < -0.39 is 0 Å². The first-order valence-electron chi connectivity index (χ1n) is 11.3. The molecule has 2 rings (SSSR count). The number of likely N-dealkylation sites (tertiary alicyclic amines) is 1. The molecule has 0 radical (unpaired) electrons. The fourth-order valence-electron chi connectivity index (χ4n) is 3.54. The summed E-state index contributed by atoms with van der Waals surface area (Å²) in [5.41, 5.74) is -0.286. The number of carbonyl (C=O) groups excluding carboxylic acids is 1. The van der Waals surface area contributed by atoms with Crippen LogP contribution in [0.1, 0.15) is 81.1 Å². The number of hydrogen-bond acceptors (Lipinski definition) is 4. The Kier molecular flexibility index (Phi) is 18.5. The van der Waals surface area contributed by atoms with Crippen molar-refractivity contribution in [1.29, 1.82) is 0 Å². The second kappa shape index (κ2) is 17.4. The molecule has 2 unspecified atom stereocenters. The van der Waals surface area contributed by atoms with Crippen molar-refractivity contribution in [3.63, 3.8) is 0 Å². The van der Waals surface area contributed by atoms with E-state index in [1.54, 1.807) is 0 Å². The summed E-state index contributed by atoms with van der Waals surface area (Å²) in [6, 6.07) is 0. The highest BCUT2D eigenvalue weighted by Crippen LogP contribution is 2.33. The predicted octanol–water partition coefficient (Wildman–Crippen LogP) is 4.59. The van der Waals surface area contributed by atoms with E-state index in [-0.39, 0.29) is 17.6 Å². The van der Waals surface area contributed by atoms with Gasteiger partial charge in [0.15, 0.2) is 0 Å². The number of hydrogen-bond donors (Lipinski definition) is 0. The summed E-state index contributed by atoms with van der Waals surface area (Å²) in [5, 5.41) is 0. The Morgan fingerprint density at radius 1 is 1.11 bits per heavy atom. The molecule has 0 aromatic carbocycles. The maximum Gasteiger partial charge on any atom is 0.243 e. The topological polar surface area (TPSA) is 42.0 Å². The molecule has 5 heteroatoms. The van der Waals surface area contributed by atoms with E-state index in [0.717, 1.165) is 38.8 Å². The van der Waals surface area contributed by atoms with Crippen molar-refractivity contribution in [3.8, 4) is 0 Å². The molecule has 0 saturated carbocycles. The molecule has 0 bridgehead atoms. The van der Waals surface area contributed by atoms with Crippen molar-refractivity contribution in [2.45, 2.75) is 92.7 Å². The van der Waals surface area contributed by atoms with Crippen molar-refractivity contribution in [3.05, 3.63) is 0 Å². The van der Waals surface area contributed by atoms with Crippen LogP contribution in [-0.4, -0.2) is 73.9 Å². The zero-order chi connectivity index (χ0) is 21.3. The fraction of sp³-hybridized carbons (Fsp3) is 0.955. The van der Waals surface area contributed by atoms with Gasteiger partial charge in [-0.1, -0.05) is 55.4 Å². The van der Waals surface area contributed by atoms with E-state index in [4.69, 9.17) is 9.47 Å². The molecular formula is C22H48N2O3. The average molecular weight is 389 g/mol. The van der Waals surface area contributed by atoms with Crippen LogP contribution in [0.15, 0.2) is 0 Å². The van der Waals surface area contributed by atoms with Gasteiger partial charge in [0.05, 0.1) is 19.3 Å². The smallest absolute Gasteiger partial charge is 0.243 e. The lowest BCUT2D eigenvalue weighted by Crippen LogP contribution is -2.59. The monoisotopic (exact) mass is 388 g/mol. The Morgan fingerprint density at radius 2 is 1.74 bits per heavy atom. The minimum atomic E-state index is -0.286. The summed E-state index contributed by atoms with van der Waals surface area (Å²) in [5.74, 6) is 0.286. The summed E-state index contributed by atoms with van der Waals surface area (Å²) in [6.45, 7) is 20.6. The van der Waals surface area contributed by atoms with Crippen LogP contribution in [-0.2, 0) is 14.3 Å². The fourth-order valence-corrected chi connectivity index (χ4v) is 3.54. The number of likely N-dealkylation sites (N-methyl/N-ethyl adjacent to an activating group) is 1. The van der Waals surface area contributed by atoms with Crippen LogP contribution >= 0.6 is 0 Å². The normalized spacial score (nSPS) is 24.6. The molecule has 0 N–H and O–H groups in total. The van der Waals surface area contributed by atoms with Gasteiger partial charge in [-0.3, -0.25) is 9.69 Å². The van der Waals surface area contributed by atoms with Gasteiger partial charge in [0.1, 0.15) is 5.54 Å². The zero-order valence-electron chi connectivity index (χ0n) is 19.8. The lowest BCUT2D eigenvalue weighted by atomic mass is 9.91. The van der Waals surface area contributed by atoms with Crippen molar-refractivity contribution < 1.29 is 14.3 Å². The van der Waals surface area contributed by atoms with E-state index in [1.807, 2.05) is 46.4 Å². The summed E-state index contributed by atoms with van der Waals surface area (Å²) >= 11 is 0. The summed E-state index contributed by atoms with van der Waals surface area (Å²) in [4.78, 5) is 17.3. The van der Waals surface area contributed by atoms with E-state index in [1.165, 1.54) is 0 Å². The molecule has 164 valence electrons. The van der Waals surface area contributed by atoms with E-state index in [0.29, 0.717) is 26.3 Å². The molecule has 0 aromatic rings. The van der Waals surface area contributed by atoms with Crippen LogP contribution in [0.3, 0.4) is 0 Å². The van der Waals surface area contributed by atoms with Gasteiger partial charge in [-0.15, -0.1) is 0 Å².